The van der Waals surface area contributed by atoms with Gasteiger partial charge in [0.1, 0.15) is 0 Å². The Labute approximate surface area is 105 Å². The third-order valence-electron chi connectivity index (χ3n) is 2.83. The van der Waals surface area contributed by atoms with Crippen molar-refractivity contribution in [1.29, 1.82) is 0 Å². The van der Waals surface area contributed by atoms with Crippen LogP contribution in [-0.4, -0.2) is 48.3 Å². The van der Waals surface area contributed by atoms with Crippen molar-refractivity contribution in [2.45, 2.75) is 46.5 Å². The predicted octanol–water partition coefficient (Wildman–Crippen LogP) is 1.89. The molecule has 0 saturated carbocycles. The molecule has 4 heteroatoms. The van der Waals surface area contributed by atoms with E-state index >= 15 is 0 Å². The Kier molecular flexibility index (Phi) is 8.46. The van der Waals surface area contributed by atoms with Crippen molar-refractivity contribution in [3.8, 4) is 0 Å². The topological polar surface area (TPSA) is 40.6 Å². The zero-order valence-electron chi connectivity index (χ0n) is 11.7. The van der Waals surface area contributed by atoms with Crippen LogP contribution in [0, 0.1) is 0 Å². The number of amides is 2. The molecule has 0 aliphatic heterocycles. The Morgan fingerprint density at radius 3 is 2.00 bits per heavy atom. The van der Waals surface area contributed by atoms with Crippen LogP contribution < -0.4 is 0 Å². The Hall–Kier alpha value is -1.06. The van der Waals surface area contributed by atoms with Crippen molar-refractivity contribution >= 4 is 11.8 Å². The van der Waals surface area contributed by atoms with Gasteiger partial charge >= 0.3 is 0 Å². The standard InChI is InChI=1S/C13H26N2O2/c1-5-7-9-14(4)13(17)11-15(12(3)16)10-8-6-2/h5-11H2,1-4H3. The van der Waals surface area contributed by atoms with Crippen LogP contribution in [0.3, 0.4) is 0 Å². The third-order valence-corrected chi connectivity index (χ3v) is 2.83. The fourth-order valence-electron chi connectivity index (χ4n) is 1.50. The number of nitrogens with zero attached hydrogens (tertiary/aromatic N) is 2. The average Bonchev–Trinajstić information content (AvgIpc) is 2.30. The molecule has 0 bridgehead atoms. The summed E-state index contributed by atoms with van der Waals surface area (Å²) >= 11 is 0. The van der Waals surface area contributed by atoms with E-state index in [2.05, 4.69) is 13.8 Å². The first-order valence-electron chi connectivity index (χ1n) is 6.52. The summed E-state index contributed by atoms with van der Waals surface area (Å²) in [5, 5.41) is 0. The highest BCUT2D eigenvalue weighted by Crippen LogP contribution is 1.99. The fraction of sp³-hybridized carbons (Fsp3) is 0.846. The molecular formula is C13H26N2O2. The van der Waals surface area contributed by atoms with Gasteiger partial charge in [-0.2, -0.15) is 0 Å². The van der Waals surface area contributed by atoms with E-state index in [1.165, 1.54) is 6.92 Å². The molecule has 17 heavy (non-hydrogen) atoms. The van der Waals surface area contributed by atoms with Gasteiger partial charge in [-0.25, -0.2) is 0 Å². The van der Waals surface area contributed by atoms with Crippen molar-refractivity contribution in [2.24, 2.45) is 0 Å². The third kappa shape index (κ3) is 6.97. The lowest BCUT2D eigenvalue weighted by molar-refractivity contribution is -0.138. The minimum Gasteiger partial charge on any atom is -0.344 e. The molecule has 2 amide bonds. The smallest absolute Gasteiger partial charge is 0.241 e. The molecule has 4 nitrogen and oxygen atoms in total. The van der Waals surface area contributed by atoms with E-state index in [9.17, 15) is 9.59 Å². The number of unbranched alkanes of at least 4 members (excludes halogenated alkanes) is 2. The van der Waals surface area contributed by atoms with Crippen molar-refractivity contribution in [2.75, 3.05) is 26.7 Å². The SMILES string of the molecule is CCCCN(C)C(=O)CN(CCCC)C(C)=O. The van der Waals surface area contributed by atoms with Gasteiger partial charge in [-0.1, -0.05) is 26.7 Å². The van der Waals surface area contributed by atoms with Gasteiger partial charge < -0.3 is 9.80 Å². The van der Waals surface area contributed by atoms with Gasteiger partial charge in [0.05, 0.1) is 6.54 Å². The van der Waals surface area contributed by atoms with Crippen LogP contribution in [0.1, 0.15) is 46.5 Å². The summed E-state index contributed by atoms with van der Waals surface area (Å²) in [6.07, 6.45) is 4.07. The van der Waals surface area contributed by atoms with Gasteiger partial charge in [0, 0.05) is 27.1 Å². The summed E-state index contributed by atoms with van der Waals surface area (Å²) in [4.78, 5) is 26.6. The molecule has 0 saturated heterocycles. The van der Waals surface area contributed by atoms with Crippen LogP contribution >= 0.6 is 0 Å². The molecule has 0 atom stereocenters. The van der Waals surface area contributed by atoms with Crippen LogP contribution in [-0.2, 0) is 9.59 Å². The molecule has 0 spiro atoms. The van der Waals surface area contributed by atoms with E-state index in [0.717, 1.165) is 32.2 Å². The summed E-state index contributed by atoms with van der Waals surface area (Å²) in [5.74, 6) is 0.0143. The van der Waals surface area contributed by atoms with Crippen LogP contribution in [0.15, 0.2) is 0 Å². The number of carbonyl (C=O) groups is 2. The van der Waals surface area contributed by atoms with E-state index in [0.29, 0.717) is 6.54 Å². The maximum absolute atomic E-state index is 11.9. The lowest BCUT2D eigenvalue weighted by Gasteiger charge is -2.24. The molecule has 0 aromatic heterocycles. The lowest BCUT2D eigenvalue weighted by atomic mass is 10.3. The molecule has 100 valence electrons. The maximum Gasteiger partial charge on any atom is 0.241 e. The van der Waals surface area contributed by atoms with Gasteiger partial charge in [0.25, 0.3) is 0 Å². The van der Waals surface area contributed by atoms with Gasteiger partial charge in [0.15, 0.2) is 0 Å². The molecule has 0 aromatic rings. The molecule has 0 fully saturated rings. The molecule has 0 N–H and O–H groups in total. The average molecular weight is 242 g/mol. The normalized spacial score (nSPS) is 10.1. The van der Waals surface area contributed by atoms with E-state index in [4.69, 9.17) is 0 Å². The highest BCUT2D eigenvalue weighted by atomic mass is 16.2. The fourth-order valence-corrected chi connectivity index (χ4v) is 1.50. The quantitative estimate of drug-likeness (QED) is 0.652. The molecule has 0 aliphatic carbocycles. The molecule has 0 aliphatic rings. The Bertz CT molecular complexity index is 242. The second kappa shape index (κ2) is 9.02. The van der Waals surface area contributed by atoms with Gasteiger partial charge in [-0.3, -0.25) is 9.59 Å². The van der Waals surface area contributed by atoms with Gasteiger partial charge in [-0.15, -0.1) is 0 Å². The second-order valence-corrected chi connectivity index (χ2v) is 4.46. The number of likely N-dealkylation sites (N-methyl/N-ethyl adjacent to an activating group) is 1. The maximum atomic E-state index is 11.9. The monoisotopic (exact) mass is 242 g/mol. The highest BCUT2D eigenvalue weighted by Gasteiger charge is 2.15. The summed E-state index contributed by atoms with van der Waals surface area (Å²) in [7, 11) is 1.80. The van der Waals surface area contributed by atoms with Gasteiger partial charge in [-0.05, 0) is 12.8 Å². The van der Waals surface area contributed by atoms with E-state index in [1.807, 2.05) is 0 Å². The van der Waals surface area contributed by atoms with Crippen molar-refractivity contribution in [1.82, 2.24) is 9.80 Å². The number of rotatable bonds is 8. The highest BCUT2D eigenvalue weighted by molar-refractivity contribution is 5.83. The summed E-state index contributed by atoms with van der Waals surface area (Å²) in [5.41, 5.74) is 0. The molecular weight excluding hydrogens is 216 g/mol. The van der Waals surface area contributed by atoms with Crippen molar-refractivity contribution in [3.63, 3.8) is 0 Å². The molecule has 0 radical (unpaired) electrons. The molecule has 0 heterocycles. The number of carbonyl (C=O) groups excluding carboxylic acids is 2. The Balaban J connectivity index is 4.15. The first kappa shape index (κ1) is 15.9. The molecule has 0 unspecified atom stereocenters. The van der Waals surface area contributed by atoms with E-state index < -0.39 is 0 Å². The molecule has 0 rings (SSSR count). The number of hydrogen-bond acceptors (Lipinski definition) is 2. The van der Waals surface area contributed by atoms with Crippen LogP contribution in [0.2, 0.25) is 0 Å². The van der Waals surface area contributed by atoms with Crippen LogP contribution in [0.4, 0.5) is 0 Å². The summed E-state index contributed by atoms with van der Waals surface area (Å²) < 4.78 is 0. The van der Waals surface area contributed by atoms with Crippen molar-refractivity contribution < 1.29 is 9.59 Å². The van der Waals surface area contributed by atoms with E-state index in [1.54, 1.807) is 16.8 Å². The Morgan fingerprint density at radius 2 is 1.53 bits per heavy atom. The first-order chi connectivity index (χ1) is 8.02. The molecule has 0 aromatic carbocycles. The zero-order chi connectivity index (χ0) is 13.3. The predicted molar refractivity (Wildman–Crippen MR) is 69.7 cm³/mol. The minimum absolute atomic E-state index is 0.0179. The summed E-state index contributed by atoms with van der Waals surface area (Å²) in [6, 6.07) is 0. The van der Waals surface area contributed by atoms with Crippen LogP contribution in [0.25, 0.3) is 0 Å². The van der Waals surface area contributed by atoms with E-state index in [-0.39, 0.29) is 18.4 Å². The zero-order valence-corrected chi connectivity index (χ0v) is 11.7. The van der Waals surface area contributed by atoms with Gasteiger partial charge in [0.2, 0.25) is 11.8 Å². The largest absolute Gasteiger partial charge is 0.344 e. The second-order valence-electron chi connectivity index (χ2n) is 4.46. The first-order valence-corrected chi connectivity index (χ1v) is 6.52. The Morgan fingerprint density at radius 1 is 1.00 bits per heavy atom. The lowest BCUT2D eigenvalue weighted by Crippen LogP contribution is -2.41. The summed E-state index contributed by atoms with van der Waals surface area (Å²) in [6.45, 7) is 7.37. The minimum atomic E-state index is -0.0179. The number of hydrogen-bond donors (Lipinski definition) is 0. The van der Waals surface area contributed by atoms with Crippen LogP contribution in [0.5, 0.6) is 0 Å². The van der Waals surface area contributed by atoms with Crippen molar-refractivity contribution in [3.05, 3.63) is 0 Å².